The number of ether oxygens (including phenoxy) is 1. The molecule has 0 aromatic carbocycles. The standard InChI is InChI=1S/C23H26N6O3/c30-22(25-11-14-3-4-14)17-5-6-18-21(26-17)29(16-7-8-28(18)13-16)23(31)27-20-10-15-2-1-9-32-19(15)12-24-20/h5-6,10,12,14,16H,1-4,7-9,11,13H2,(H,25,30)(H,24,27,31). The second-order valence-corrected chi connectivity index (χ2v) is 9.01. The van der Waals surface area contributed by atoms with E-state index in [9.17, 15) is 9.59 Å². The SMILES string of the molecule is O=C(NCC1CC1)c1ccc2c(n1)N(C(=O)Nc1cc3c(cn1)OCCC3)C1CCN2C1. The van der Waals surface area contributed by atoms with E-state index in [-0.39, 0.29) is 18.0 Å². The summed E-state index contributed by atoms with van der Waals surface area (Å²) in [4.78, 5) is 38.9. The molecule has 166 valence electrons. The van der Waals surface area contributed by atoms with Crippen LogP contribution in [0.1, 0.15) is 41.7 Å². The highest BCUT2D eigenvalue weighted by atomic mass is 16.5. The topological polar surface area (TPSA) is 99.7 Å². The molecular weight excluding hydrogens is 408 g/mol. The fourth-order valence-corrected chi connectivity index (χ4v) is 4.74. The molecule has 3 amide bonds. The summed E-state index contributed by atoms with van der Waals surface area (Å²) in [5, 5.41) is 5.91. The van der Waals surface area contributed by atoms with Crippen molar-refractivity contribution in [1.82, 2.24) is 15.3 Å². The number of nitrogens with one attached hydrogen (secondary N) is 2. The van der Waals surface area contributed by atoms with Gasteiger partial charge in [0.2, 0.25) is 0 Å². The molecule has 9 nitrogen and oxygen atoms in total. The smallest absolute Gasteiger partial charge is 0.329 e. The first kappa shape index (κ1) is 19.3. The molecule has 9 heteroatoms. The van der Waals surface area contributed by atoms with Crippen LogP contribution in [0.5, 0.6) is 5.75 Å². The minimum absolute atomic E-state index is 0.0146. The Hall–Kier alpha value is -3.36. The first-order valence-electron chi connectivity index (χ1n) is 11.4. The normalized spacial score (nSPS) is 20.8. The Morgan fingerprint density at radius 3 is 3.00 bits per heavy atom. The summed E-state index contributed by atoms with van der Waals surface area (Å²) in [6, 6.07) is 5.28. The maximum Gasteiger partial charge on any atom is 0.329 e. The van der Waals surface area contributed by atoms with Gasteiger partial charge in [-0.3, -0.25) is 15.0 Å². The second kappa shape index (κ2) is 7.65. The van der Waals surface area contributed by atoms with Crippen molar-refractivity contribution in [3.63, 3.8) is 0 Å². The van der Waals surface area contributed by atoms with Gasteiger partial charge in [0.15, 0.2) is 5.82 Å². The number of carbonyl (C=O) groups is 2. The van der Waals surface area contributed by atoms with Gasteiger partial charge in [0.1, 0.15) is 17.3 Å². The Labute approximate surface area is 186 Å². The van der Waals surface area contributed by atoms with Gasteiger partial charge >= 0.3 is 6.03 Å². The highest BCUT2D eigenvalue weighted by Crippen LogP contribution is 2.39. The number of pyridine rings is 2. The molecule has 0 radical (unpaired) electrons. The maximum absolute atomic E-state index is 13.4. The number of aryl methyl sites for hydroxylation is 1. The molecule has 6 rings (SSSR count). The number of urea groups is 1. The van der Waals surface area contributed by atoms with Crippen LogP contribution in [0.3, 0.4) is 0 Å². The molecule has 1 saturated heterocycles. The minimum atomic E-state index is -0.273. The lowest BCUT2D eigenvalue weighted by Crippen LogP contribution is -2.48. The molecular formula is C23H26N6O3. The van der Waals surface area contributed by atoms with E-state index in [2.05, 4.69) is 25.5 Å². The van der Waals surface area contributed by atoms with Gasteiger partial charge in [-0.2, -0.15) is 0 Å². The van der Waals surface area contributed by atoms with Gasteiger partial charge in [0.25, 0.3) is 5.91 Å². The number of aromatic nitrogens is 2. The molecule has 3 aliphatic heterocycles. The average molecular weight is 435 g/mol. The number of hydrogen-bond acceptors (Lipinski definition) is 6. The summed E-state index contributed by atoms with van der Waals surface area (Å²) in [6.45, 7) is 3.02. The Morgan fingerprint density at radius 2 is 2.12 bits per heavy atom. The maximum atomic E-state index is 13.4. The third-order valence-corrected chi connectivity index (χ3v) is 6.68. The van der Waals surface area contributed by atoms with Crippen LogP contribution in [-0.4, -0.2) is 54.2 Å². The number of nitrogens with zero attached hydrogens (tertiary/aromatic N) is 4. The Morgan fingerprint density at radius 1 is 1.22 bits per heavy atom. The van der Waals surface area contributed by atoms with Crippen LogP contribution in [0.4, 0.5) is 22.1 Å². The zero-order chi connectivity index (χ0) is 21.7. The van der Waals surface area contributed by atoms with Crippen molar-refractivity contribution in [3.05, 3.63) is 35.7 Å². The first-order valence-corrected chi connectivity index (χ1v) is 11.4. The van der Waals surface area contributed by atoms with E-state index >= 15 is 0 Å². The van der Waals surface area contributed by atoms with Crippen LogP contribution >= 0.6 is 0 Å². The van der Waals surface area contributed by atoms with E-state index in [1.54, 1.807) is 17.2 Å². The lowest BCUT2D eigenvalue weighted by molar-refractivity contribution is 0.0947. The van der Waals surface area contributed by atoms with Gasteiger partial charge in [-0.25, -0.2) is 14.8 Å². The third kappa shape index (κ3) is 3.51. The van der Waals surface area contributed by atoms with Crippen LogP contribution in [0.2, 0.25) is 0 Å². The molecule has 2 N–H and O–H groups in total. The molecule has 1 aliphatic carbocycles. The largest absolute Gasteiger partial charge is 0.492 e. The van der Waals surface area contributed by atoms with Crippen molar-refractivity contribution < 1.29 is 14.3 Å². The first-order chi connectivity index (χ1) is 15.7. The summed E-state index contributed by atoms with van der Waals surface area (Å²) >= 11 is 0. The van der Waals surface area contributed by atoms with E-state index in [4.69, 9.17) is 4.74 Å². The quantitative estimate of drug-likeness (QED) is 0.767. The van der Waals surface area contributed by atoms with Crippen molar-refractivity contribution in [2.24, 2.45) is 5.92 Å². The number of anilines is 3. The molecule has 2 fully saturated rings. The highest BCUT2D eigenvalue weighted by molar-refractivity contribution is 6.05. The fourth-order valence-electron chi connectivity index (χ4n) is 4.74. The molecule has 0 spiro atoms. The van der Waals surface area contributed by atoms with Gasteiger partial charge in [-0.1, -0.05) is 0 Å². The van der Waals surface area contributed by atoms with Crippen LogP contribution in [0.15, 0.2) is 24.4 Å². The lowest BCUT2D eigenvalue weighted by atomic mass is 10.1. The highest BCUT2D eigenvalue weighted by Gasteiger charge is 2.40. The fraction of sp³-hybridized carbons (Fsp3) is 0.478. The molecule has 4 aliphatic rings. The summed E-state index contributed by atoms with van der Waals surface area (Å²) < 4.78 is 5.62. The summed E-state index contributed by atoms with van der Waals surface area (Å²) in [7, 11) is 0. The molecule has 2 aromatic heterocycles. The van der Waals surface area contributed by atoms with Crippen LogP contribution in [0, 0.1) is 5.92 Å². The van der Waals surface area contributed by atoms with Crippen molar-refractivity contribution in [2.45, 2.75) is 38.1 Å². The zero-order valence-electron chi connectivity index (χ0n) is 17.8. The summed E-state index contributed by atoms with van der Waals surface area (Å²) in [5.74, 6) is 2.23. The van der Waals surface area contributed by atoms with E-state index < -0.39 is 0 Å². The molecule has 5 heterocycles. The van der Waals surface area contributed by atoms with E-state index in [0.29, 0.717) is 36.4 Å². The van der Waals surface area contributed by atoms with Gasteiger partial charge < -0.3 is 15.0 Å². The number of amides is 3. The Kier molecular flexibility index (Phi) is 4.62. The van der Waals surface area contributed by atoms with E-state index in [0.717, 1.165) is 49.4 Å². The molecule has 32 heavy (non-hydrogen) atoms. The van der Waals surface area contributed by atoms with Crippen molar-refractivity contribution >= 4 is 29.3 Å². The van der Waals surface area contributed by atoms with Crippen LogP contribution in [-0.2, 0) is 6.42 Å². The van der Waals surface area contributed by atoms with Gasteiger partial charge in [0, 0.05) is 19.6 Å². The van der Waals surface area contributed by atoms with Crippen molar-refractivity contribution in [3.8, 4) is 5.75 Å². The van der Waals surface area contributed by atoms with E-state index in [1.165, 1.54) is 12.8 Å². The number of carbonyl (C=O) groups excluding carboxylic acids is 2. The minimum Gasteiger partial charge on any atom is -0.492 e. The van der Waals surface area contributed by atoms with Crippen LogP contribution in [0.25, 0.3) is 0 Å². The predicted octanol–water partition coefficient (Wildman–Crippen LogP) is 2.57. The lowest BCUT2D eigenvalue weighted by Gasteiger charge is -2.35. The summed E-state index contributed by atoms with van der Waals surface area (Å²) in [5.41, 5.74) is 2.29. The number of hydrogen-bond donors (Lipinski definition) is 2. The van der Waals surface area contributed by atoms with Crippen molar-refractivity contribution in [1.29, 1.82) is 0 Å². The molecule has 1 atom stereocenters. The Bertz CT molecular complexity index is 1090. The Balaban J connectivity index is 1.26. The number of rotatable bonds is 4. The monoisotopic (exact) mass is 434 g/mol. The predicted molar refractivity (Wildman–Crippen MR) is 119 cm³/mol. The van der Waals surface area contributed by atoms with Gasteiger partial charge in [-0.15, -0.1) is 0 Å². The van der Waals surface area contributed by atoms with Gasteiger partial charge in [-0.05, 0) is 61.8 Å². The molecule has 2 bridgehead atoms. The summed E-state index contributed by atoms with van der Waals surface area (Å²) in [6.07, 6.45) is 6.74. The zero-order valence-corrected chi connectivity index (χ0v) is 17.8. The number of fused-ring (bicyclic) bond motifs is 5. The van der Waals surface area contributed by atoms with Crippen molar-refractivity contribution in [2.75, 3.05) is 41.4 Å². The van der Waals surface area contributed by atoms with E-state index in [1.807, 2.05) is 12.1 Å². The average Bonchev–Trinajstić information content (AvgIpc) is 3.56. The second-order valence-electron chi connectivity index (χ2n) is 9.01. The van der Waals surface area contributed by atoms with Gasteiger partial charge in [0.05, 0.1) is 24.5 Å². The molecule has 2 aromatic rings. The molecule has 1 unspecified atom stereocenters. The third-order valence-electron chi connectivity index (χ3n) is 6.68. The molecule has 1 saturated carbocycles. The van der Waals surface area contributed by atoms with Crippen LogP contribution < -0.4 is 25.2 Å².